The van der Waals surface area contributed by atoms with Gasteiger partial charge in [-0.25, -0.2) is 0 Å². The maximum absolute atomic E-state index is 13.1. The summed E-state index contributed by atoms with van der Waals surface area (Å²) in [6.45, 7) is 4.41. The van der Waals surface area contributed by atoms with E-state index in [2.05, 4.69) is 0 Å². The SMILES string of the molecule is CCOC(=O)[C@@]1(Cc2cccc(Cl)c2)CCCN(C(=O)c2csc(C(C)=O)c2)C1. The van der Waals surface area contributed by atoms with Crippen molar-refractivity contribution >= 4 is 40.6 Å². The smallest absolute Gasteiger partial charge is 0.314 e. The third kappa shape index (κ3) is 4.87. The number of rotatable bonds is 6. The van der Waals surface area contributed by atoms with Crippen LogP contribution in [0.2, 0.25) is 5.02 Å². The Kier molecular flexibility index (Phi) is 6.75. The summed E-state index contributed by atoms with van der Waals surface area (Å²) in [6.07, 6.45) is 1.80. The number of ketones is 1. The van der Waals surface area contributed by atoms with E-state index in [1.807, 2.05) is 18.2 Å². The number of Topliss-reactive ketones (excluding diaryl/α,β-unsaturated/α-hetero) is 1. The molecule has 29 heavy (non-hydrogen) atoms. The molecule has 1 aromatic carbocycles. The largest absolute Gasteiger partial charge is 0.466 e. The Hall–Kier alpha value is -2.18. The van der Waals surface area contributed by atoms with Crippen molar-refractivity contribution in [1.82, 2.24) is 4.90 Å². The van der Waals surface area contributed by atoms with E-state index in [1.165, 1.54) is 18.3 Å². The molecule has 1 saturated heterocycles. The van der Waals surface area contributed by atoms with E-state index in [-0.39, 0.29) is 30.8 Å². The van der Waals surface area contributed by atoms with Crippen molar-refractivity contribution in [2.45, 2.75) is 33.1 Å². The number of carbonyl (C=O) groups excluding carboxylic acids is 3. The molecule has 7 heteroatoms. The molecular weight excluding hydrogens is 410 g/mol. The number of esters is 1. The second kappa shape index (κ2) is 9.09. The maximum atomic E-state index is 13.1. The van der Waals surface area contributed by atoms with Crippen molar-refractivity contribution in [2.75, 3.05) is 19.7 Å². The van der Waals surface area contributed by atoms with Crippen molar-refractivity contribution in [1.29, 1.82) is 0 Å². The highest BCUT2D eigenvalue weighted by Crippen LogP contribution is 2.36. The lowest BCUT2D eigenvalue weighted by Crippen LogP contribution is -2.51. The predicted octanol–water partition coefficient (Wildman–Crippen LogP) is 4.63. The van der Waals surface area contributed by atoms with E-state index in [0.717, 1.165) is 5.56 Å². The van der Waals surface area contributed by atoms with Crippen LogP contribution in [-0.2, 0) is 16.0 Å². The van der Waals surface area contributed by atoms with Crippen LogP contribution in [0.3, 0.4) is 0 Å². The van der Waals surface area contributed by atoms with Gasteiger partial charge in [0.05, 0.1) is 22.5 Å². The van der Waals surface area contributed by atoms with Crippen LogP contribution in [0, 0.1) is 5.41 Å². The van der Waals surface area contributed by atoms with Crippen LogP contribution in [0.4, 0.5) is 0 Å². The summed E-state index contributed by atoms with van der Waals surface area (Å²) in [5.74, 6) is -0.505. The van der Waals surface area contributed by atoms with Crippen LogP contribution in [0.25, 0.3) is 0 Å². The number of hydrogen-bond acceptors (Lipinski definition) is 5. The van der Waals surface area contributed by atoms with Crippen LogP contribution >= 0.6 is 22.9 Å². The standard InChI is InChI=1S/C22H24ClNO4S/c1-3-28-21(27)22(12-16-6-4-7-18(23)10-16)8-5-9-24(14-22)20(26)17-11-19(15(2)25)29-13-17/h4,6-7,10-11,13H,3,5,8-9,12,14H2,1-2H3/t22-/m1/s1. The molecule has 0 bridgehead atoms. The number of ether oxygens (including phenoxy) is 1. The number of halogens is 1. The molecule has 0 unspecified atom stereocenters. The fourth-order valence-electron chi connectivity index (χ4n) is 3.83. The Labute approximate surface area is 179 Å². The van der Waals surface area contributed by atoms with Gasteiger partial charge in [-0.1, -0.05) is 23.7 Å². The quantitative estimate of drug-likeness (QED) is 0.492. The minimum Gasteiger partial charge on any atom is -0.466 e. The van der Waals surface area contributed by atoms with E-state index < -0.39 is 5.41 Å². The van der Waals surface area contributed by atoms with Crippen LogP contribution < -0.4 is 0 Å². The zero-order chi connectivity index (χ0) is 21.0. The molecule has 0 radical (unpaired) electrons. The average molecular weight is 434 g/mol. The minimum atomic E-state index is -0.811. The molecule has 0 aliphatic carbocycles. The Bertz CT molecular complexity index is 925. The third-order valence-corrected chi connectivity index (χ3v) is 6.46. The fraction of sp³-hybridized carbons (Fsp3) is 0.409. The van der Waals surface area contributed by atoms with Gasteiger partial charge in [0.25, 0.3) is 5.91 Å². The topological polar surface area (TPSA) is 63.7 Å². The number of benzene rings is 1. The van der Waals surface area contributed by atoms with Crippen molar-refractivity contribution < 1.29 is 19.1 Å². The van der Waals surface area contributed by atoms with Crippen molar-refractivity contribution in [3.63, 3.8) is 0 Å². The summed E-state index contributed by atoms with van der Waals surface area (Å²) in [6, 6.07) is 9.07. The third-order valence-electron chi connectivity index (χ3n) is 5.20. The Morgan fingerprint density at radius 3 is 2.72 bits per heavy atom. The van der Waals surface area contributed by atoms with E-state index in [0.29, 0.717) is 41.3 Å². The van der Waals surface area contributed by atoms with Crippen molar-refractivity contribution in [3.05, 3.63) is 56.7 Å². The van der Waals surface area contributed by atoms with Gasteiger partial charge >= 0.3 is 5.97 Å². The lowest BCUT2D eigenvalue weighted by atomic mass is 9.75. The maximum Gasteiger partial charge on any atom is 0.314 e. The molecule has 154 valence electrons. The van der Waals surface area contributed by atoms with Gasteiger partial charge in [-0.15, -0.1) is 11.3 Å². The fourth-order valence-corrected chi connectivity index (χ4v) is 4.82. The minimum absolute atomic E-state index is 0.0606. The monoisotopic (exact) mass is 433 g/mol. The van der Waals surface area contributed by atoms with E-state index in [1.54, 1.807) is 29.3 Å². The summed E-state index contributed by atoms with van der Waals surface area (Å²) < 4.78 is 5.40. The van der Waals surface area contributed by atoms with Gasteiger partial charge in [0.2, 0.25) is 0 Å². The first-order valence-corrected chi connectivity index (χ1v) is 10.9. The Morgan fingerprint density at radius 1 is 1.28 bits per heavy atom. The number of hydrogen-bond donors (Lipinski definition) is 0. The van der Waals surface area contributed by atoms with Gasteiger partial charge in [0.15, 0.2) is 5.78 Å². The zero-order valence-corrected chi connectivity index (χ0v) is 18.1. The molecule has 0 N–H and O–H groups in total. The molecule has 1 aromatic heterocycles. The Balaban J connectivity index is 1.87. The molecule has 1 amide bonds. The molecule has 1 aliphatic rings. The first-order valence-electron chi connectivity index (χ1n) is 9.65. The second-order valence-corrected chi connectivity index (χ2v) is 8.74. The van der Waals surface area contributed by atoms with Gasteiger partial charge in [-0.05, 0) is 56.9 Å². The average Bonchev–Trinajstić information content (AvgIpc) is 3.18. The summed E-state index contributed by atoms with van der Waals surface area (Å²) in [5, 5.41) is 2.32. The summed E-state index contributed by atoms with van der Waals surface area (Å²) in [5.41, 5.74) is 0.616. The molecule has 0 spiro atoms. The number of nitrogens with zero attached hydrogens (tertiary/aromatic N) is 1. The molecule has 5 nitrogen and oxygen atoms in total. The van der Waals surface area contributed by atoms with Crippen LogP contribution in [0.15, 0.2) is 35.7 Å². The van der Waals surface area contributed by atoms with Crippen molar-refractivity contribution in [2.24, 2.45) is 5.41 Å². The molecule has 0 saturated carbocycles. The number of piperidine rings is 1. The van der Waals surface area contributed by atoms with E-state index in [4.69, 9.17) is 16.3 Å². The highest BCUT2D eigenvalue weighted by Gasteiger charge is 2.45. The summed E-state index contributed by atoms with van der Waals surface area (Å²) >= 11 is 7.39. The van der Waals surface area contributed by atoms with Gasteiger partial charge < -0.3 is 9.64 Å². The highest BCUT2D eigenvalue weighted by molar-refractivity contribution is 7.12. The normalized spacial score (nSPS) is 19.1. The van der Waals surface area contributed by atoms with Gasteiger partial charge in [0.1, 0.15) is 0 Å². The van der Waals surface area contributed by atoms with Gasteiger partial charge in [-0.2, -0.15) is 0 Å². The van der Waals surface area contributed by atoms with E-state index in [9.17, 15) is 14.4 Å². The predicted molar refractivity (Wildman–Crippen MR) is 114 cm³/mol. The van der Waals surface area contributed by atoms with Crippen LogP contribution in [-0.4, -0.2) is 42.3 Å². The molecule has 2 heterocycles. The highest BCUT2D eigenvalue weighted by atomic mass is 35.5. The summed E-state index contributed by atoms with van der Waals surface area (Å²) in [7, 11) is 0. The van der Waals surface area contributed by atoms with Crippen molar-refractivity contribution in [3.8, 4) is 0 Å². The molecule has 1 aliphatic heterocycles. The summed E-state index contributed by atoms with van der Waals surface area (Å²) in [4.78, 5) is 39.9. The van der Waals surface area contributed by atoms with Crippen LogP contribution in [0.1, 0.15) is 52.3 Å². The molecule has 3 rings (SSSR count). The number of likely N-dealkylation sites (tertiary alicyclic amines) is 1. The zero-order valence-electron chi connectivity index (χ0n) is 16.6. The number of amides is 1. The Morgan fingerprint density at radius 2 is 2.07 bits per heavy atom. The van der Waals surface area contributed by atoms with Crippen LogP contribution in [0.5, 0.6) is 0 Å². The first kappa shape index (κ1) is 21.5. The van der Waals surface area contributed by atoms with Gasteiger partial charge in [-0.3, -0.25) is 14.4 Å². The van der Waals surface area contributed by atoms with Gasteiger partial charge in [0, 0.05) is 23.5 Å². The molecular formula is C22H24ClNO4S. The molecule has 2 aromatic rings. The van der Waals surface area contributed by atoms with E-state index >= 15 is 0 Å². The molecule has 1 fully saturated rings. The number of carbonyl (C=O) groups is 3. The lowest BCUT2D eigenvalue weighted by molar-refractivity contribution is -0.158. The molecule has 1 atom stereocenters. The lowest BCUT2D eigenvalue weighted by Gasteiger charge is -2.41. The second-order valence-electron chi connectivity index (χ2n) is 7.39. The first-order chi connectivity index (χ1) is 13.8. The number of thiophene rings is 1.